The van der Waals surface area contributed by atoms with E-state index in [2.05, 4.69) is 22.1 Å². The average molecular weight is 225 g/mol. The Kier molecular flexibility index (Phi) is 3.69. The van der Waals surface area contributed by atoms with Gasteiger partial charge in [0.1, 0.15) is 0 Å². The van der Waals surface area contributed by atoms with E-state index >= 15 is 0 Å². The van der Waals surface area contributed by atoms with E-state index in [0.717, 1.165) is 25.6 Å². The van der Waals surface area contributed by atoms with Crippen LogP contribution in [0.3, 0.4) is 0 Å². The van der Waals surface area contributed by atoms with Gasteiger partial charge in [0.25, 0.3) is 0 Å². The molecule has 1 saturated heterocycles. The summed E-state index contributed by atoms with van der Waals surface area (Å²) in [5, 5.41) is 12.1. The molecule has 1 aliphatic heterocycles. The summed E-state index contributed by atoms with van der Waals surface area (Å²) in [6, 6.07) is 0. The van der Waals surface area contributed by atoms with Crippen LogP contribution in [0.1, 0.15) is 32.6 Å². The minimum absolute atomic E-state index is 0.133. The highest BCUT2D eigenvalue weighted by molar-refractivity contribution is 5.80. The van der Waals surface area contributed by atoms with Crippen LogP contribution in [0.4, 0.5) is 0 Å². The highest BCUT2D eigenvalue weighted by Crippen LogP contribution is 2.47. The largest absolute Gasteiger partial charge is 0.394 e. The number of aliphatic hydroxyl groups excluding tert-OH is 1. The van der Waals surface area contributed by atoms with E-state index < -0.39 is 0 Å². The summed E-state index contributed by atoms with van der Waals surface area (Å²) in [5.41, 5.74) is 0.607. The Morgan fingerprint density at radius 1 is 1.44 bits per heavy atom. The standard InChI is InChI=1S/C12H23N3O/c1-2-13-11(14-7-9-16)15-8-6-12(10-15)4-3-5-12/h16H,2-10H2,1H3,(H,13,14). The Bertz CT molecular complexity index is 261. The molecule has 4 heteroatoms. The van der Waals surface area contributed by atoms with Gasteiger partial charge in [0, 0.05) is 19.6 Å². The lowest BCUT2D eigenvalue weighted by molar-refractivity contribution is 0.151. The molecule has 2 N–H and O–H groups in total. The van der Waals surface area contributed by atoms with Crippen molar-refractivity contribution in [2.75, 3.05) is 32.8 Å². The predicted octanol–water partition coefficient (Wildman–Crippen LogP) is 0.820. The van der Waals surface area contributed by atoms with Gasteiger partial charge in [-0.2, -0.15) is 0 Å². The van der Waals surface area contributed by atoms with Crippen LogP contribution in [0.15, 0.2) is 4.99 Å². The smallest absolute Gasteiger partial charge is 0.194 e. The molecule has 2 fully saturated rings. The molecule has 0 atom stereocenters. The van der Waals surface area contributed by atoms with Gasteiger partial charge >= 0.3 is 0 Å². The Hall–Kier alpha value is -0.770. The average Bonchev–Trinajstić information content (AvgIpc) is 2.69. The molecule has 1 saturated carbocycles. The number of hydrogen-bond donors (Lipinski definition) is 2. The Morgan fingerprint density at radius 2 is 2.25 bits per heavy atom. The molecule has 4 nitrogen and oxygen atoms in total. The van der Waals surface area contributed by atoms with Crippen LogP contribution < -0.4 is 5.32 Å². The van der Waals surface area contributed by atoms with E-state index in [0.29, 0.717) is 12.0 Å². The molecule has 0 amide bonds. The Balaban J connectivity index is 1.93. The zero-order valence-corrected chi connectivity index (χ0v) is 10.2. The van der Waals surface area contributed by atoms with E-state index in [-0.39, 0.29) is 6.61 Å². The molecule has 2 aliphatic rings. The SMILES string of the molecule is CCNC(=NCCO)N1CCC2(CCC2)C1. The van der Waals surface area contributed by atoms with Gasteiger partial charge in [-0.25, -0.2) is 0 Å². The molecule has 92 valence electrons. The van der Waals surface area contributed by atoms with Gasteiger partial charge in [0.15, 0.2) is 5.96 Å². The molecule has 2 rings (SSSR count). The molecule has 1 heterocycles. The van der Waals surface area contributed by atoms with Crippen molar-refractivity contribution in [3.8, 4) is 0 Å². The van der Waals surface area contributed by atoms with Crippen LogP contribution in [0.5, 0.6) is 0 Å². The third kappa shape index (κ3) is 2.32. The van der Waals surface area contributed by atoms with Crippen molar-refractivity contribution in [1.29, 1.82) is 0 Å². The third-order valence-electron chi connectivity index (χ3n) is 3.85. The van der Waals surface area contributed by atoms with Crippen molar-refractivity contribution >= 4 is 5.96 Å². The first-order valence-electron chi connectivity index (χ1n) is 6.44. The lowest BCUT2D eigenvalue weighted by Gasteiger charge is -2.38. The zero-order valence-electron chi connectivity index (χ0n) is 10.2. The highest BCUT2D eigenvalue weighted by Gasteiger charge is 2.43. The highest BCUT2D eigenvalue weighted by atomic mass is 16.3. The van der Waals surface area contributed by atoms with Crippen LogP contribution in [0, 0.1) is 5.41 Å². The fourth-order valence-electron chi connectivity index (χ4n) is 2.78. The summed E-state index contributed by atoms with van der Waals surface area (Å²) in [4.78, 5) is 6.78. The number of aliphatic hydroxyl groups is 1. The molecule has 0 unspecified atom stereocenters. The lowest BCUT2D eigenvalue weighted by Crippen LogP contribution is -2.42. The van der Waals surface area contributed by atoms with Crippen LogP contribution in [0.25, 0.3) is 0 Å². The summed E-state index contributed by atoms with van der Waals surface area (Å²) in [6.45, 7) is 5.90. The molecule has 16 heavy (non-hydrogen) atoms. The van der Waals surface area contributed by atoms with Crippen molar-refractivity contribution < 1.29 is 5.11 Å². The zero-order chi connectivity index (χ0) is 11.4. The van der Waals surface area contributed by atoms with Crippen LogP contribution in [-0.4, -0.2) is 48.8 Å². The number of guanidine groups is 1. The third-order valence-corrected chi connectivity index (χ3v) is 3.85. The van der Waals surface area contributed by atoms with Crippen molar-refractivity contribution in [3.05, 3.63) is 0 Å². The van der Waals surface area contributed by atoms with Gasteiger partial charge in [-0.05, 0) is 31.6 Å². The topological polar surface area (TPSA) is 47.9 Å². The second-order valence-corrected chi connectivity index (χ2v) is 4.98. The first-order chi connectivity index (χ1) is 7.79. The summed E-state index contributed by atoms with van der Waals surface area (Å²) in [7, 11) is 0. The number of nitrogens with one attached hydrogen (secondary N) is 1. The lowest BCUT2D eigenvalue weighted by atomic mass is 9.68. The summed E-state index contributed by atoms with van der Waals surface area (Å²) in [5.74, 6) is 0.986. The number of rotatable bonds is 3. The second kappa shape index (κ2) is 5.04. The Morgan fingerprint density at radius 3 is 2.75 bits per heavy atom. The van der Waals surface area contributed by atoms with Gasteiger partial charge in [-0.1, -0.05) is 6.42 Å². The molecule has 1 spiro atoms. The maximum atomic E-state index is 8.83. The van der Waals surface area contributed by atoms with Crippen molar-refractivity contribution in [2.45, 2.75) is 32.6 Å². The van der Waals surface area contributed by atoms with Gasteiger partial charge in [-0.15, -0.1) is 0 Å². The van der Waals surface area contributed by atoms with E-state index in [1.54, 1.807) is 0 Å². The maximum Gasteiger partial charge on any atom is 0.194 e. The molecular formula is C12H23N3O. The van der Waals surface area contributed by atoms with Crippen LogP contribution in [0.2, 0.25) is 0 Å². The summed E-state index contributed by atoms with van der Waals surface area (Å²) >= 11 is 0. The predicted molar refractivity (Wildman–Crippen MR) is 65.5 cm³/mol. The number of nitrogens with zero attached hydrogens (tertiary/aromatic N) is 2. The number of hydrogen-bond acceptors (Lipinski definition) is 2. The molecule has 0 aromatic rings. The normalized spacial score (nSPS) is 23.6. The maximum absolute atomic E-state index is 8.83. The fourth-order valence-corrected chi connectivity index (χ4v) is 2.78. The molecule has 0 aromatic heterocycles. The number of likely N-dealkylation sites (tertiary alicyclic amines) is 1. The summed E-state index contributed by atoms with van der Waals surface area (Å²) < 4.78 is 0. The molecule has 0 bridgehead atoms. The minimum Gasteiger partial charge on any atom is -0.394 e. The molecular weight excluding hydrogens is 202 g/mol. The molecule has 1 aliphatic carbocycles. The van der Waals surface area contributed by atoms with Crippen molar-refractivity contribution in [2.24, 2.45) is 10.4 Å². The van der Waals surface area contributed by atoms with Crippen molar-refractivity contribution in [1.82, 2.24) is 10.2 Å². The second-order valence-electron chi connectivity index (χ2n) is 4.98. The molecule has 0 aromatic carbocycles. The van der Waals surface area contributed by atoms with Crippen LogP contribution in [-0.2, 0) is 0 Å². The summed E-state index contributed by atoms with van der Waals surface area (Å²) in [6.07, 6.45) is 5.50. The van der Waals surface area contributed by atoms with Gasteiger partial charge in [0.05, 0.1) is 13.2 Å². The van der Waals surface area contributed by atoms with Gasteiger partial charge < -0.3 is 15.3 Å². The molecule has 0 radical (unpaired) electrons. The minimum atomic E-state index is 0.133. The fraction of sp³-hybridized carbons (Fsp3) is 0.917. The first-order valence-corrected chi connectivity index (χ1v) is 6.44. The monoisotopic (exact) mass is 225 g/mol. The Labute approximate surface area is 97.7 Å². The van der Waals surface area contributed by atoms with E-state index in [1.807, 2.05) is 0 Å². The van der Waals surface area contributed by atoms with E-state index in [1.165, 1.54) is 25.7 Å². The number of aliphatic imine (C=N–C) groups is 1. The van der Waals surface area contributed by atoms with E-state index in [9.17, 15) is 0 Å². The quantitative estimate of drug-likeness (QED) is 0.552. The van der Waals surface area contributed by atoms with Crippen LogP contribution >= 0.6 is 0 Å². The van der Waals surface area contributed by atoms with Crippen molar-refractivity contribution in [3.63, 3.8) is 0 Å². The van der Waals surface area contributed by atoms with Gasteiger partial charge in [-0.3, -0.25) is 4.99 Å². The van der Waals surface area contributed by atoms with Gasteiger partial charge in [0.2, 0.25) is 0 Å². The van der Waals surface area contributed by atoms with E-state index in [4.69, 9.17) is 5.11 Å². The first kappa shape index (κ1) is 11.7.